The lowest BCUT2D eigenvalue weighted by Gasteiger charge is -2.09. The van der Waals surface area contributed by atoms with Gasteiger partial charge in [-0.3, -0.25) is 0 Å². The predicted octanol–water partition coefficient (Wildman–Crippen LogP) is 2.19. The monoisotopic (exact) mass is 275 g/mol. The van der Waals surface area contributed by atoms with E-state index in [0.717, 1.165) is 35.7 Å². The van der Waals surface area contributed by atoms with Crippen molar-refractivity contribution in [3.8, 4) is 17.3 Å². The zero-order valence-corrected chi connectivity index (χ0v) is 12.7. The summed E-state index contributed by atoms with van der Waals surface area (Å²) in [7, 11) is 3.49. The third-order valence-electron chi connectivity index (χ3n) is 3.09. The number of hydrogen-bond acceptors (Lipinski definition) is 5. The molecule has 20 heavy (non-hydrogen) atoms. The SMILES string of the molecule is CCNc1cc(CC)nc(-c2c(C)nn(C)c2OC)n1. The van der Waals surface area contributed by atoms with Gasteiger partial charge < -0.3 is 10.1 Å². The highest BCUT2D eigenvalue weighted by Crippen LogP contribution is 2.31. The molecule has 2 aromatic heterocycles. The first kappa shape index (κ1) is 14.3. The van der Waals surface area contributed by atoms with Crippen molar-refractivity contribution in [3.05, 3.63) is 17.5 Å². The molecule has 108 valence electrons. The van der Waals surface area contributed by atoms with E-state index in [-0.39, 0.29) is 0 Å². The molecule has 0 amide bonds. The van der Waals surface area contributed by atoms with Crippen LogP contribution >= 0.6 is 0 Å². The maximum atomic E-state index is 5.42. The maximum absolute atomic E-state index is 5.42. The van der Waals surface area contributed by atoms with Crippen molar-refractivity contribution < 1.29 is 4.74 Å². The van der Waals surface area contributed by atoms with Crippen LogP contribution in [0.15, 0.2) is 6.07 Å². The quantitative estimate of drug-likeness (QED) is 0.906. The van der Waals surface area contributed by atoms with E-state index in [1.54, 1.807) is 11.8 Å². The smallest absolute Gasteiger partial charge is 0.222 e. The Balaban J connectivity index is 2.59. The first-order valence-corrected chi connectivity index (χ1v) is 6.80. The minimum atomic E-state index is 0.655. The van der Waals surface area contributed by atoms with Gasteiger partial charge in [0.2, 0.25) is 5.88 Å². The number of aryl methyl sites for hydroxylation is 3. The topological polar surface area (TPSA) is 64.9 Å². The first-order valence-electron chi connectivity index (χ1n) is 6.80. The average molecular weight is 275 g/mol. The lowest BCUT2D eigenvalue weighted by Crippen LogP contribution is -2.04. The largest absolute Gasteiger partial charge is 0.481 e. The van der Waals surface area contributed by atoms with Crippen molar-refractivity contribution in [2.45, 2.75) is 27.2 Å². The lowest BCUT2D eigenvalue weighted by molar-refractivity contribution is 0.374. The number of nitrogens with zero attached hydrogens (tertiary/aromatic N) is 4. The predicted molar refractivity (Wildman–Crippen MR) is 79.1 cm³/mol. The van der Waals surface area contributed by atoms with Gasteiger partial charge in [0.1, 0.15) is 11.4 Å². The molecule has 2 heterocycles. The molecule has 6 nitrogen and oxygen atoms in total. The van der Waals surface area contributed by atoms with E-state index >= 15 is 0 Å². The fraction of sp³-hybridized carbons (Fsp3) is 0.500. The van der Waals surface area contributed by atoms with Crippen LogP contribution in [0.25, 0.3) is 11.4 Å². The molecular formula is C14H21N5O. The van der Waals surface area contributed by atoms with Gasteiger partial charge >= 0.3 is 0 Å². The molecule has 0 fully saturated rings. The second-order valence-corrected chi connectivity index (χ2v) is 4.55. The van der Waals surface area contributed by atoms with Crippen LogP contribution in [0, 0.1) is 6.92 Å². The molecule has 0 bridgehead atoms. The Hall–Kier alpha value is -2.11. The van der Waals surface area contributed by atoms with Crippen LogP contribution in [-0.4, -0.2) is 33.4 Å². The van der Waals surface area contributed by atoms with Gasteiger partial charge in [-0.05, 0) is 20.3 Å². The van der Waals surface area contributed by atoms with Crippen molar-refractivity contribution in [1.29, 1.82) is 0 Å². The minimum Gasteiger partial charge on any atom is -0.481 e. The molecule has 0 saturated heterocycles. The average Bonchev–Trinajstić information content (AvgIpc) is 2.72. The Morgan fingerprint density at radius 1 is 1.30 bits per heavy atom. The number of ether oxygens (including phenoxy) is 1. The molecule has 0 radical (unpaired) electrons. The number of aromatic nitrogens is 4. The normalized spacial score (nSPS) is 10.7. The molecule has 0 saturated carbocycles. The molecule has 0 aliphatic rings. The lowest BCUT2D eigenvalue weighted by atomic mass is 10.2. The molecule has 0 aliphatic heterocycles. The van der Waals surface area contributed by atoms with E-state index < -0.39 is 0 Å². The number of methoxy groups -OCH3 is 1. The molecule has 0 atom stereocenters. The fourth-order valence-electron chi connectivity index (χ4n) is 2.19. The molecule has 2 rings (SSSR count). The zero-order valence-electron chi connectivity index (χ0n) is 12.7. The Bertz CT molecular complexity index is 606. The Morgan fingerprint density at radius 2 is 2.05 bits per heavy atom. The van der Waals surface area contributed by atoms with E-state index in [4.69, 9.17) is 4.74 Å². The van der Waals surface area contributed by atoms with Crippen molar-refractivity contribution >= 4 is 5.82 Å². The maximum Gasteiger partial charge on any atom is 0.222 e. The van der Waals surface area contributed by atoms with Crippen LogP contribution in [0.4, 0.5) is 5.82 Å². The molecule has 1 N–H and O–H groups in total. The van der Waals surface area contributed by atoms with Gasteiger partial charge in [-0.1, -0.05) is 6.92 Å². The summed E-state index contributed by atoms with van der Waals surface area (Å²) in [6.07, 6.45) is 0.857. The van der Waals surface area contributed by atoms with E-state index in [2.05, 4.69) is 27.3 Å². The molecule has 0 aromatic carbocycles. The van der Waals surface area contributed by atoms with Gasteiger partial charge in [0.25, 0.3) is 0 Å². The Labute approximate surface area is 119 Å². The summed E-state index contributed by atoms with van der Waals surface area (Å²) in [6.45, 7) is 6.88. The zero-order chi connectivity index (χ0) is 14.7. The Kier molecular flexibility index (Phi) is 4.22. The van der Waals surface area contributed by atoms with Gasteiger partial charge in [-0.15, -0.1) is 0 Å². The minimum absolute atomic E-state index is 0.655. The van der Waals surface area contributed by atoms with Crippen LogP contribution in [0.5, 0.6) is 5.88 Å². The summed E-state index contributed by atoms with van der Waals surface area (Å²) in [6, 6.07) is 1.98. The third-order valence-corrected chi connectivity index (χ3v) is 3.09. The second kappa shape index (κ2) is 5.90. The van der Waals surface area contributed by atoms with E-state index in [9.17, 15) is 0 Å². The summed E-state index contributed by atoms with van der Waals surface area (Å²) in [5.74, 6) is 2.17. The van der Waals surface area contributed by atoms with Crippen LogP contribution in [0.2, 0.25) is 0 Å². The second-order valence-electron chi connectivity index (χ2n) is 4.55. The van der Waals surface area contributed by atoms with E-state index in [0.29, 0.717) is 11.7 Å². The molecule has 0 aliphatic carbocycles. The van der Waals surface area contributed by atoms with Gasteiger partial charge in [0.05, 0.1) is 12.8 Å². The molecule has 0 unspecified atom stereocenters. The number of anilines is 1. The van der Waals surface area contributed by atoms with Crippen molar-refractivity contribution in [2.75, 3.05) is 19.0 Å². The molecule has 0 spiro atoms. The van der Waals surface area contributed by atoms with Gasteiger partial charge in [0.15, 0.2) is 5.82 Å². The summed E-state index contributed by atoms with van der Waals surface area (Å²) in [4.78, 5) is 9.17. The number of hydrogen-bond donors (Lipinski definition) is 1. The fourth-order valence-corrected chi connectivity index (χ4v) is 2.19. The van der Waals surface area contributed by atoms with Crippen LogP contribution in [-0.2, 0) is 13.5 Å². The van der Waals surface area contributed by atoms with E-state index in [1.807, 2.05) is 27.0 Å². The van der Waals surface area contributed by atoms with Crippen molar-refractivity contribution in [1.82, 2.24) is 19.7 Å². The van der Waals surface area contributed by atoms with Gasteiger partial charge in [-0.2, -0.15) is 5.10 Å². The highest BCUT2D eigenvalue weighted by Gasteiger charge is 2.19. The Morgan fingerprint density at radius 3 is 2.65 bits per heavy atom. The third kappa shape index (κ3) is 2.59. The highest BCUT2D eigenvalue weighted by atomic mass is 16.5. The van der Waals surface area contributed by atoms with Crippen LogP contribution in [0.1, 0.15) is 25.2 Å². The summed E-state index contributed by atoms with van der Waals surface area (Å²) >= 11 is 0. The first-order chi connectivity index (χ1) is 9.60. The highest BCUT2D eigenvalue weighted by molar-refractivity contribution is 5.66. The van der Waals surface area contributed by atoms with E-state index in [1.165, 1.54) is 0 Å². The van der Waals surface area contributed by atoms with Crippen molar-refractivity contribution in [2.24, 2.45) is 7.05 Å². The molecule has 6 heteroatoms. The number of rotatable bonds is 5. The van der Waals surface area contributed by atoms with Crippen LogP contribution in [0.3, 0.4) is 0 Å². The summed E-state index contributed by atoms with van der Waals surface area (Å²) in [5.41, 5.74) is 2.71. The van der Waals surface area contributed by atoms with Crippen LogP contribution < -0.4 is 10.1 Å². The van der Waals surface area contributed by atoms with Gasteiger partial charge in [-0.25, -0.2) is 14.6 Å². The van der Waals surface area contributed by atoms with Gasteiger partial charge in [0, 0.05) is 25.4 Å². The summed E-state index contributed by atoms with van der Waals surface area (Å²) < 4.78 is 7.13. The standard InChI is InChI=1S/C14H21N5O/c1-6-10-8-11(15-7-2)17-13(16-10)12-9(3)18-19(4)14(12)20-5/h8H,6-7H2,1-5H3,(H,15,16,17). The molecular weight excluding hydrogens is 254 g/mol. The number of nitrogens with one attached hydrogen (secondary N) is 1. The van der Waals surface area contributed by atoms with Crippen molar-refractivity contribution in [3.63, 3.8) is 0 Å². The summed E-state index contributed by atoms with van der Waals surface area (Å²) in [5, 5.41) is 7.62. The molecule has 2 aromatic rings.